The maximum absolute atomic E-state index is 12.3. The Hall–Kier alpha value is -4.30. The lowest BCUT2D eigenvalue weighted by Crippen LogP contribution is -2.46. The van der Waals surface area contributed by atoms with E-state index in [1.165, 1.54) is 0 Å². The van der Waals surface area contributed by atoms with E-state index in [-0.39, 0.29) is 81.3 Å². The highest BCUT2D eigenvalue weighted by atomic mass is 16.6. The van der Waals surface area contributed by atoms with Crippen molar-refractivity contribution >= 4 is 58.8 Å². The molecule has 0 bridgehead atoms. The summed E-state index contributed by atoms with van der Waals surface area (Å²) in [6, 6.07) is 0. The van der Waals surface area contributed by atoms with Crippen molar-refractivity contribution in [1.29, 1.82) is 0 Å². The molecule has 2 N–H and O–H groups in total. The van der Waals surface area contributed by atoms with E-state index in [0.29, 0.717) is 19.3 Å². The molecule has 2 unspecified atom stereocenters. The highest BCUT2D eigenvalue weighted by molar-refractivity contribution is 6.19. The van der Waals surface area contributed by atoms with Gasteiger partial charge in [-0.05, 0) is 67.2 Å². The van der Waals surface area contributed by atoms with Gasteiger partial charge in [0.2, 0.25) is 0 Å². The smallest absolute Gasteiger partial charge is 0.324 e. The predicted molar refractivity (Wildman–Crippen MR) is 207 cm³/mol. The second-order valence-electron chi connectivity index (χ2n) is 16.6. The zero-order valence-electron chi connectivity index (χ0n) is 34.0. The maximum Gasteiger partial charge on any atom is 0.324 e. The average Bonchev–Trinajstić information content (AvgIpc) is 3.00. The van der Waals surface area contributed by atoms with Gasteiger partial charge in [0.1, 0.15) is 29.0 Å². The van der Waals surface area contributed by atoms with E-state index in [2.05, 4.69) is 0 Å². The van der Waals surface area contributed by atoms with E-state index < -0.39 is 58.5 Å². The first-order chi connectivity index (χ1) is 25.9. The summed E-state index contributed by atoms with van der Waals surface area (Å²) in [5.74, 6) is -7.47. The Morgan fingerprint density at radius 3 is 1.07 bits per heavy atom. The van der Waals surface area contributed by atoms with Crippen LogP contribution in [0.15, 0.2) is 0 Å². The molecule has 3 aliphatic rings. The second kappa shape index (κ2) is 25.1. The molecule has 0 radical (unpaired) electrons. The van der Waals surface area contributed by atoms with Crippen LogP contribution >= 0.6 is 0 Å². The molecule has 15 heteroatoms. The van der Waals surface area contributed by atoms with Gasteiger partial charge in [0, 0.05) is 44.9 Å². The minimum atomic E-state index is -1.28. The Morgan fingerprint density at radius 1 is 0.491 bits per heavy atom. The van der Waals surface area contributed by atoms with Gasteiger partial charge >= 0.3 is 29.8 Å². The topological polar surface area (TPSA) is 239 Å². The van der Waals surface area contributed by atoms with Gasteiger partial charge in [0.05, 0.1) is 0 Å². The van der Waals surface area contributed by atoms with E-state index in [4.69, 9.17) is 24.4 Å². The highest BCUT2D eigenvalue weighted by Crippen LogP contribution is 2.29. The Balaban J connectivity index is 0.00000103. The number of carbonyl (C=O) groups excluding carboxylic acids is 8. The zero-order valence-corrected chi connectivity index (χ0v) is 34.0. The normalized spacial score (nSPS) is 20.5. The lowest BCUT2D eigenvalue weighted by molar-refractivity contribution is -0.177. The molecule has 324 valence electrons. The molecule has 0 saturated carbocycles. The Labute approximate surface area is 336 Å². The molecule has 57 heavy (non-hydrogen) atoms. The molecule has 0 aromatic carbocycles. The quantitative estimate of drug-likeness (QED) is 0.0566. The van der Waals surface area contributed by atoms with E-state index >= 15 is 0 Å². The van der Waals surface area contributed by atoms with Gasteiger partial charge in [-0.2, -0.15) is 0 Å². The van der Waals surface area contributed by atoms with Crippen LogP contribution < -0.4 is 0 Å². The number of carbonyl (C=O) groups is 10. The molecule has 3 aliphatic heterocycles. The van der Waals surface area contributed by atoms with Crippen molar-refractivity contribution in [3.8, 4) is 0 Å². The first-order valence-corrected chi connectivity index (χ1v) is 19.7. The summed E-state index contributed by atoms with van der Waals surface area (Å²) < 4.78 is 15.2. The van der Waals surface area contributed by atoms with Crippen LogP contribution in [0.5, 0.6) is 0 Å². The number of Topliss-reactive ketones (excluding diaryl/α,β-unsaturated/α-hetero) is 5. The molecule has 3 fully saturated rings. The number of aliphatic carboxylic acids is 2. The fraction of sp³-hybridized carbons (Fsp3) is 0.762. The molecule has 3 heterocycles. The maximum atomic E-state index is 12.3. The van der Waals surface area contributed by atoms with Gasteiger partial charge in [-0.25, -0.2) is 0 Å². The summed E-state index contributed by atoms with van der Waals surface area (Å²) in [5.41, 5.74) is -2.28. The number of carboxylic acid groups (broad SMARTS) is 2. The van der Waals surface area contributed by atoms with Crippen LogP contribution in [0, 0.1) is 11.8 Å². The lowest BCUT2D eigenvalue weighted by atomic mass is 9.85. The Morgan fingerprint density at radius 2 is 0.789 bits per heavy atom. The van der Waals surface area contributed by atoms with Crippen LogP contribution in [0.1, 0.15) is 177 Å². The number of cyclic esters (lactones) is 3. The summed E-state index contributed by atoms with van der Waals surface area (Å²) in [5, 5.41) is 16.7. The van der Waals surface area contributed by atoms with Crippen LogP contribution in [-0.2, 0) is 62.2 Å². The van der Waals surface area contributed by atoms with Gasteiger partial charge in [0.15, 0.2) is 35.0 Å². The summed E-state index contributed by atoms with van der Waals surface area (Å²) >= 11 is 0. The van der Waals surface area contributed by atoms with Crippen molar-refractivity contribution in [1.82, 2.24) is 0 Å². The van der Waals surface area contributed by atoms with Crippen molar-refractivity contribution in [2.75, 3.05) is 0 Å². The van der Waals surface area contributed by atoms with Gasteiger partial charge in [0.25, 0.3) is 0 Å². The first kappa shape index (κ1) is 52.7. The third-order valence-corrected chi connectivity index (χ3v) is 9.20. The third kappa shape index (κ3) is 22.3. The lowest BCUT2D eigenvalue weighted by Gasteiger charge is -2.32. The number of esters is 3. The minimum Gasteiger partial charge on any atom is -0.481 e. The average molecular weight is 811 g/mol. The van der Waals surface area contributed by atoms with Gasteiger partial charge in [-0.15, -0.1) is 0 Å². The number of ketones is 5. The molecule has 0 spiro atoms. The minimum absolute atomic E-state index is 0. The standard InChI is InChI=1S/C24H34O8.C10H18O4.C7H10O3.CH4/c1-23(2)13-17(27)19(21(29)31-23)15(25)11-9-7-5-6-8-10-12-16(26)20-18(28)14-24(3,4)32-22(20)30;11-9(12)7-5-3-1-2-4-6-8-10(13)14;1-7(2)4-5(8)3-6(9)10-7;/h19-20H,5-14H2,1-4H3;1-8H2,(H,11,12)(H,13,14);3-4H2,1-2H3;1H4. The number of ether oxygens (including phenoxy) is 3. The summed E-state index contributed by atoms with van der Waals surface area (Å²) in [6.07, 6.45) is 10.9. The number of hydrogen-bond acceptors (Lipinski definition) is 13. The van der Waals surface area contributed by atoms with Crippen LogP contribution in [0.25, 0.3) is 0 Å². The van der Waals surface area contributed by atoms with E-state index in [9.17, 15) is 47.9 Å². The molecule has 0 amide bonds. The van der Waals surface area contributed by atoms with Crippen LogP contribution in [0.3, 0.4) is 0 Å². The third-order valence-electron chi connectivity index (χ3n) is 9.20. The van der Waals surface area contributed by atoms with Crippen molar-refractivity contribution in [3.63, 3.8) is 0 Å². The molecule has 15 nitrogen and oxygen atoms in total. The van der Waals surface area contributed by atoms with E-state index in [0.717, 1.165) is 64.2 Å². The van der Waals surface area contributed by atoms with Gasteiger partial charge in [-0.1, -0.05) is 58.8 Å². The molecular weight excluding hydrogens is 744 g/mol. The fourth-order valence-electron chi connectivity index (χ4n) is 6.60. The highest BCUT2D eigenvalue weighted by Gasteiger charge is 2.46. The monoisotopic (exact) mass is 810 g/mol. The van der Waals surface area contributed by atoms with Crippen molar-refractivity contribution in [2.24, 2.45) is 11.8 Å². The summed E-state index contributed by atoms with van der Waals surface area (Å²) in [6.45, 7) is 10.1. The fourth-order valence-corrected chi connectivity index (χ4v) is 6.60. The largest absolute Gasteiger partial charge is 0.481 e. The molecule has 3 saturated heterocycles. The second-order valence-corrected chi connectivity index (χ2v) is 16.6. The first-order valence-electron chi connectivity index (χ1n) is 19.7. The van der Waals surface area contributed by atoms with Gasteiger partial charge < -0.3 is 24.4 Å². The molecule has 0 aromatic heterocycles. The number of rotatable bonds is 20. The summed E-state index contributed by atoms with van der Waals surface area (Å²) in [7, 11) is 0. The SMILES string of the molecule is C.CC1(C)CC(=O)C(C(=O)CCCCCCCCC(=O)C2C(=O)CC(C)(C)OC2=O)C(=O)O1.CC1(C)CC(=O)CC(=O)O1.O=C(O)CCCCCCCCC(=O)O. The molecular formula is C42H66O15. The Bertz CT molecular complexity index is 1290. The van der Waals surface area contributed by atoms with Crippen molar-refractivity contribution in [3.05, 3.63) is 0 Å². The molecule has 0 aromatic rings. The van der Waals surface area contributed by atoms with E-state index in [1.807, 2.05) is 0 Å². The predicted octanol–water partition coefficient (Wildman–Crippen LogP) is 6.65. The van der Waals surface area contributed by atoms with Gasteiger partial charge in [-0.3, -0.25) is 47.9 Å². The summed E-state index contributed by atoms with van der Waals surface area (Å²) in [4.78, 5) is 114. The van der Waals surface area contributed by atoms with Crippen molar-refractivity contribution in [2.45, 2.75) is 194 Å². The van der Waals surface area contributed by atoms with Crippen LogP contribution in [-0.4, -0.2) is 85.8 Å². The van der Waals surface area contributed by atoms with Crippen LogP contribution in [0.2, 0.25) is 0 Å². The van der Waals surface area contributed by atoms with Crippen LogP contribution in [0.4, 0.5) is 0 Å². The number of carboxylic acids is 2. The number of hydrogen-bond donors (Lipinski definition) is 2. The van der Waals surface area contributed by atoms with E-state index in [1.54, 1.807) is 41.5 Å². The Kier molecular flexibility index (Phi) is 23.2. The zero-order chi connectivity index (χ0) is 42.7. The van der Waals surface area contributed by atoms with Crippen molar-refractivity contribution < 1.29 is 72.4 Å². The molecule has 2 atom stereocenters. The molecule has 3 rings (SSSR count). The number of unbranched alkanes of at least 4 members (excludes halogenated alkanes) is 10. The molecule has 0 aliphatic carbocycles.